The summed E-state index contributed by atoms with van der Waals surface area (Å²) < 4.78 is 81.1. The number of rotatable bonds is 18. The monoisotopic (exact) mass is 954 g/mol. The molecule has 4 atom stereocenters. The lowest BCUT2D eigenvalue weighted by Gasteiger charge is -2.58. The molecule has 58 heavy (non-hydrogen) atoms. The SMILES string of the molecule is COc1ccccc1[Si](C)(C)O[Si]1(CC(C)C)O[Si]2(CC(C)C)O[Si](O)(CC(C)C)O[Si]3(CC(C)C)O[Si](O)(CC(C)C)O[Si](CC(C)C)(O[Si](CC(C)C)(O3)O2)O1. The molecule has 336 valence electrons. The molecule has 1 aromatic carbocycles. The first-order chi connectivity index (χ1) is 26.5. The van der Waals surface area contributed by atoms with E-state index in [2.05, 4.69) is 82.3 Å². The summed E-state index contributed by atoms with van der Waals surface area (Å²) in [4.78, 5) is 26.3. The van der Waals surface area contributed by atoms with Crippen LogP contribution in [0.15, 0.2) is 24.3 Å². The molecular weight excluding hydrogens is 877 g/mol. The van der Waals surface area contributed by atoms with Crippen molar-refractivity contribution in [2.75, 3.05) is 7.11 Å². The Kier molecular flexibility index (Phi) is 16.8. The smallest absolute Gasteiger partial charge is 0.483 e. The second-order valence-corrected chi connectivity index (χ2v) is 44.5. The zero-order valence-corrected chi connectivity index (χ0v) is 46.7. The fraction of sp³-hybridized carbons (Fsp3) is 0.838. The maximum atomic E-state index is 13.2. The van der Waals surface area contributed by atoms with Gasteiger partial charge in [0, 0.05) is 47.5 Å². The largest absolute Gasteiger partial charge is 0.497 e. The molecule has 3 aliphatic rings. The molecule has 4 unspecified atom stereocenters. The topological polar surface area (TPSA) is 142 Å². The summed E-state index contributed by atoms with van der Waals surface area (Å²) in [5, 5.41) is 0.930. The third-order valence-corrected chi connectivity index (χ3v) is 46.4. The van der Waals surface area contributed by atoms with Gasteiger partial charge in [-0.15, -0.1) is 0 Å². The Morgan fingerprint density at radius 1 is 0.466 bits per heavy atom. The number of hydrogen-bond donors (Lipinski definition) is 2. The summed E-state index contributed by atoms with van der Waals surface area (Å²) in [6.45, 7) is 33.2. The van der Waals surface area contributed by atoms with E-state index in [-0.39, 0.29) is 59.6 Å². The summed E-state index contributed by atoms with van der Waals surface area (Å²) in [5.74, 6) is 0.645. The first kappa shape index (κ1) is 50.9. The molecule has 0 aromatic heterocycles. The number of para-hydroxylation sites is 1. The molecule has 3 heterocycles. The van der Waals surface area contributed by atoms with Crippen molar-refractivity contribution in [2.45, 2.75) is 152 Å². The Bertz CT molecular complexity index is 1450. The van der Waals surface area contributed by atoms with Crippen molar-refractivity contribution in [2.24, 2.45) is 41.4 Å². The lowest BCUT2D eigenvalue weighted by molar-refractivity contribution is 0.00462. The molecule has 21 heteroatoms. The Balaban J connectivity index is 2.22. The average Bonchev–Trinajstić information content (AvgIpc) is 2.95. The van der Waals surface area contributed by atoms with E-state index in [1.165, 1.54) is 0 Å². The van der Waals surface area contributed by atoms with Crippen molar-refractivity contribution in [1.29, 1.82) is 0 Å². The Hall–Kier alpha value is 0.275. The van der Waals surface area contributed by atoms with Crippen LogP contribution in [0.2, 0.25) is 55.4 Å². The van der Waals surface area contributed by atoms with Gasteiger partial charge in [0.05, 0.1) is 7.11 Å². The van der Waals surface area contributed by atoms with Crippen molar-refractivity contribution < 1.29 is 55.5 Å². The van der Waals surface area contributed by atoms with Crippen LogP contribution in [-0.2, 0) is 41.2 Å². The van der Waals surface area contributed by atoms with E-state index in [9.17, 15) is 9.59 Å². The fourth-order valence-corrected chi connectivity index (χ4v) is 53.1. The maximum Gasteiger partial charge on any atom is 0.483 e. The molecule has 4 bridgehead atoms. The van der Waals surface area contributed by atoms with Crippen LogP contribution in [0.4, 0.5) is 0 Å². The summed E-state index contributed by atoms with van der Waals surface area (Å²) in [6, 6.07) is 9.94. The van der Waals surface area contributed by atoms with E-state index in [0.717, 1.165) is 5.19 Å². The number of ether oxygens (including phenoxy) is 1. The van der Waals surface area contributed by atoms with Crippen LogP contribution in [-0.4, -0.2) is 86.6 Å². The minimum atomic E-state index is -4.36. The van der Waals surface area contributed by atoms with Crippen LogP contribution in [0.1, 0.15) is 96.9 Å². The molecule has 1 aromatic rings. The molecule has 0 amide bonds. The van der Waals surface area contributed by atoms with Crippen molar-refractivity contribution >= 4 is 75.1 Å². The first-order valence-electron chi connectivity index (χ1n) is 21.6. The second-order valence-electron chi connectivity index (χ2n) is 20.3. The van der Waals surface area contributed by atoms with E-state index in [0.29, 0.717) is 29.9 Å². The normalized spacial score (nSPS) is 34.9. The predicted octanol–water partition coefficient (Wildman–Crippen LogP) is 8.46. The summed E-state index contributed by atoms with van der Waals surface area (Å²) in [7, 11) is -30.9. The van der Waals surface area contributed by atoms with Gasteiger partial charge in [-0.1, -0.05) is 115 Å². The van der Waals surface area contributed by atoms with Gasteiger partial charge in [0.15, 0.2) is 0 Å². The van der Waals surface area contributed by atoms with Crippen LogP contribution in [0, 0.1) is 41.4 Å². The number of fused-ring (bicyclic) bond motifs is 3. The quantitative estimate of drug-likeness (QED) is 0.136. The Labute approximate surface area is 359 Å². The van der Waals surface area contributed by atoms with Crippen molar-refractivity contribution in [3.63, 3.8) is 0 Å². The average molecular weight is 956 g/mol. The summed E-state index contributed by atoms with van der Waals surface area (Å²) in [6.07, 6.45) is 0. The molecule has 0 spiro atoms. The zero-order chi connectivity index (χ0) is 43.8. The Morgan fingerprint density at radius 3 is 1.10 bits per heavy atom. The van der Waals surface area contributed by atoms with E-state index in [1.54, 1.807) is 7.11 Å². The maximum absolute atomic E-state index is 13.2. The standard InChI is InChI=1S/C37H78O13Si8/c1-29(2)22-52(38)42-55(25-32(7)8)43-53(39,23-30(3)4)45-57(27-34(11)12)47-54(24-31(5)6,41-51(16,17)37-21-19-18-20-36(37)40-15)46-56(44-52,26-33(9)10)49-58(48-55,50-57)28-35(13)14/h18-21,29-35,38-39H,22-28H2,1-17H3. The lowest BCUT2D eigenvalue weighted by Crippen LogP contribution is -2.83. The molecule has 2 N–H and O–H groups in total. The minimum absolute atomic E-state index is 0.00179. The van der Waals surface area contributed by atoms with Crippen molar-refractivity contribution in [3.8, 4) is 5.75 Å². The third-order valence-electron chi connectivity index (χ3n) is 9.60. The van der Waals surface area contributed by atoms with Crippen molar-refractivity contribution in [3.05, 3.63) is 24.3 Å². The molecule has 3 fully saturated rings. The van der Waals surface area contributed by atoms with Gasteiger partial charge >= 0.3 is 61.6 Å². The zero-order valence-electron chi connectivity index (χ0n) is 38.7. The molecular formula is C37H78O13Si8. The van der Waals surface area contributed by atoms with Gasteiger partial charge in [-0.05, 0) is 60.6 Å². The fourth-order valence-electron chi connectivity index (χ4n) is 8.42. The van der Waals surface area contributed by atoms with Gasteiger partial charge in [0.25, 0.3) is 0 Å². The highest BCUT2D eigenvalue weighted by molar-refractivity contribution is 7.00. The van der Waals surface area contributed by atoms with Crippen LogP contribution >= 0.6 is 0 Å². The third kappa shape index (κ3) is 13.2. The Morgan fingerprint density at radius 2 is 0.776 bits per heavy atom. The highest BCUT2D eigenvalue weighted by Gasteiger charge is 2.77. The van der Waals surface area contributed by atoms with Gasteiger partial charge in [0.1, 0.15) is 5.75 Å². The van der Waals surface area contributed by atoms with Crippen LogP contribution < -0.4 is 9.92 Å². The van der Waals surface area contributed by atoms with Gasteiger partial charge < -0.3 is 55.5 Å². The molecule has 3 saturated heterocycles. The highest BCUT2D eigenvalue weighted by Crippen LogP contribution is 2.50. The van der Waals surface area contributed by atoms with Gasteiger partial charge in [-0.2, -0.15) is 0 Å². The van der Waals surface area contributed by atoms with Crippen LogP contribution in [0.25, 0.3) is 0 Å². The molecule has 4 rings (SSSR count). The first-order valence-corrected chi connectivity index (χ1v) is 38.1. The molecule has 0 aliphatic carbocycles. The van der Waals surface area contributed by atoms with E-state index >= 15 is 0 Å². The molecule has 13 nitrogen and oxygen atoms in total. The number of benzene rings is 1. The molecule has 0 saturated carbocycles. The number of hydrogen-bond acceptors (Lipinski definition) is 13. The van der Waals surface area contributed by atoms with Crippen LogP contribution in [0.3, 0.4) is 0 Å². The minimum Gasteiger partial charge on any atom is -0.497 e. The predicted molar refractivity (Wildman–Crippen MR) is 243 cm³/mol. The molecule has 0 radical (unpaired) electrons. The van der Waals surface area contributed by atoms with Crippen molar-refractivity contribution in [1.82, 2.24) is 0 Å². The summed E-state index contributed by atoms with van der Waals surface area (Å²) >= 11 is 0. The van der Waals surface area contributed by atoms with Crippen LogP contribution in [0.5, 0.6) is 5.75 Å². The van der Waals surface area contributed by atoms with E-state index in [4.69, 9.17) is 45.9 Å². The van der Waals surface area contributed by atoms with Gasteiger partial charge in [-0.3, -0.25) is 0 Å². The highest BCUT2D eigenvalue weighted by atomic mass is 28.6. The van der Waals surface area contributed by atoms with Gasteiger partial charge in [-0.25, -0.2) is 0 Å². The van der Waals surface area contributed by atoms with Gasteiger partial charge in [0.2, 0.25) is 8.32 Å². The van der Waals surface area contributed by atoms with E-state index < -0.39 is 69.9 Å². The number of methoxy groups -OCH3 is 1. The molecule has 3 aliphatic heterocycles. The second kappa shape index (κ2) is 19.2. The lowest BCUT2D eigenvalue weighted by atomic mass is 10.3. The summed E-state index contributed by atoms with van der Waals surface area (Å²) in [5.41, 5.74) is 0. The van der Waals surface area contributed by atoms with E-state index in [1.807, 2.05) is 52.0 Å².